The van der Waals surface area contributed by atoms with Gasteiger partial charge in [0.25, 0.3) is 0 Å². The van der Waals surface area contributed by atoms with Crippen LogP contribution in [0.3, 0.4) is 0 Å². The van der Waals surface area contributed by atoms with E-state index in [1.807, 2.05) is 0 Å². The predicted molar refractivity (Wildman–Crippen MR) is 103 cm³/mol. The van der Waals surface area contributed by atoms with Crippen LogP contribution in [0.5, 0.6) is 0 Å². The van der Waals surface area contributed by atoms with Gasteiger partial charge in [-0.1, -0.05) is 18.2 Å². The molecule has 0 bridgehead atoms. The van der Waals surface area contributed by atoms with E-state index >= 15 is 0 Å². The van der Waals surface area contributed by atoms with Gasteiger partial charge in [0.05, 0.1) is 12.6 Å². The highest BCUT2D eigenvalue weighted by molar-refractivity contribution is 5.91. The largest absolute Gasteiger partial charge is 0.466 e. The first-order valence-corrected chi connectivity index (χ1v) is 9.19. The average molecular weight is 393 g/mol. The van der Waals surface area contributed by atoms with Gasteiger partial charge in [0, 0.05) is 12.8 Å². The van der Waals surface area contributed by atoms with Gasteiger partial charge in [-0.15, -0.1) is 0 Å². The van der Waals surface area contributed by atoms with Gasteiger partial charge in [0.15, 0.2) is 5.78 Å². The van der Waals surface area contributed by atoms with E-state index in [1.165, 1.54) is 36.4 Å². The minimum absolute atomic E-state index is 0.0881. The minimum Gasteiger partial charge on any atom is -0.466 e. The molecule has 1 N–H and O–H groups in total. The SMILES string of the molecule is CCOC(=O)CC[C@H](/C=C/C(=O)Cc1ccc(F)cc1)NC(=O)OC(C)(C)C. The summed E-state index contributed by atoms with van der Waals surface area (Å²) in [7, 11) is 0. The van der Waals surface area contributed by atoms with Gasteiger partial charge < -0.3 is 14.8 Å². The fourth-order valence-electron chi connectivity index (χ4n) is 2.27. The van der Waals surface area contributed by atoms with Crippen molar-refractivity contribution in [2.24, 2.45) is 0 Å². The van der Waals surface area contributed by atoms with Crippen LogP contribution >= 0.6 is 0 Å². The van der Waals surface area contributed by atoms with Crippen LogP contribution in [0.2, 0.25) is 0 Å². The number of carbonyl (C=O) groups excluding carboxylic acids is 3. The highest BCUT2D eigenvalue weighted by Gasteiger charge is 2.19. The third kappa shape index (κ3) is 10.4. The summed E-state index contributed by atoms with van der Waals surface area (Å²) in [6.45, 7) is 7.20. The molecule has 0 unspecified atom stereocenters. The number of hydrogen-bond acceptors (Lipinski definition) is 5. The Morgan fingerprint density at radius 1 is 1.18 bits per heavy atom. The molecule has 0 spiro atoms. The maximum absolute atomic E-state index is 12.9. The molecule has 0 saturated carbocycles. The second-order valence-electron chi connectivity index (χ2n) is 7.23. The van der Waals surface area contributed by atoms with E-state index in [0.29, 0.717) is 5.56 Å². The molecule has 7 heteroatoms. The van der Waals surface area contributed by atoms with Crippen molar-refractivity contribution in [2.45, 2.75) is 58.6 Å². The smallest absolute Gasteiger partial charge is 0.408 e. The molecular weight excluding hydrogens is 365 g/mol. The van der Waals surface area contributed by atoms with E-state index in [0.717, 1.165) is 0 Å². The number of amides is 1. The van der Waals surface area contributed by atoms with Gasteiger partial charge in [-0.2, -0.15) is 0 Å². The topological polar surface area (TPSA) is 81.7 Å². The Morgan fingerprint density at radius 3 is 2.39 bits per heavy atom. The highest BCUT2D eigenvalue weighted by atomic mass is 19.1. The average Bonchev–Trinajstić information content (AvgIpc) is 2.58. The molecule has 0 heterocycles. The molecule has 0 radical (unpaired) electrons. The van der Waals surface area contributed by atoms with Crippen LogP contribution in [0, 0.1) is 5.82 Å². The molecule has 0 aliphatic carbocycles. The second kappa shape index (κ2) is 11.2. The van der Waals surface area contributed by atoms with Crippen LogP contribution in [0.4, 0.5) is 9.18 Å². The van der Waals surface area contributed by atoms with Crippen LogP contribution in [-0.2, 0) is 25.5 Å². The number of halogens is 1. The molecule has 0 fully saturated rings. The zero-order valence-electron chi connectivity index (χ0n) is 16.8. The molecule has 0 aliphatic rings. The Kier molecular flexibility index (Phi) is 9.35. The lowest BCUT2D eigenvalue weighted by molar-refractivity contribution is -0.143. The molecule has 1 amide bonds. The number of nitrogens with one attached hydrogen (secondary N) is 1. The van der Waals surface area contributed by atoms with Gasteiger partial charge in [-0.25, -0.2) is 9.18 Å². The van der Waals surface area contributed by atoms with Gasteiger partial charge in [-0.05, 0) is 57.9 Å². The first-order valence-electron chi connectivity index (χ1n) is 9.19. The van der Waals surface area contributed by atoms with Crippen molar-refractivity contribution in [1.29, 1.82) is 0 Å². The standard InChI is InChI=1S/C21H28FNO5/c1-5-27-19(25)13-11-17(23-20(26)28-21(2,3)4)10-12-18(24)14-15-6-8-16(22)9-7-15/h6-10,12,17H,5,11,13-14H2,1-4H3,(H,23,26)/b12-10+/t17-/m0/s1. The first kappa shape index (κ1) is 23.3. The summed E-state index contributed by atoms with van der Waals surface area (Å²) in [5.74, 6) is -0.962. The van der Waals surface area contributed by atoms with Crippen LogP contribution in [0.1, 0.15) is 46.1 Å². The molecule has 1 aromatic rings. The summed E-state index contributed by atoms with van der Waals surface area (Å²) in [5, 5.41) is 2.64. The first-order chi connectivity index (χ1) is 13.1. The van der Waals surface area contributed by atoms with Gasteiger partial charge in [-0.3, -0.25) is 9.59 Å². The second-order valence-corrected chi connectivity index (χ2v) is 7.23. The number of benzene rings is 1. The Morgan fingerprint density at radius 2 is 1.82 bits per heavy atom. The fourth-order valence-corrected chi connectivity index (χ4v) is 2.27. The van der Waals surface area contributed by atoms with Crippen molar-refractivity contribution in [3.63, 3.8) is 0 Å². The Bertz CT molecular complexity index is 692. The van der Waals surface area contributed by atoms with Crippen molar-refractivity contribution < 1.29 is 28.2 Å². The van der Waals surface area contributed by atoms with Crippen LogP contribution in [-0.4, -0.2) is 36.1 Å². The van der Waals surface area contributed by atoms with Crippen LogP contribution < -0.4 is 5.32 Å². The zero-order valence-corrected chi connectivity index (χ0v) is 16.8. The Balaban J connectivity index is 2.71. The molecular formula is C21H28FNO5. The number of rotatable bonds is 9. The summed E-state index contributed by atoms with van der Waals surface area (Å²) in [6.07, 6.45) is 2.68. The summed E-state index contributed by atoms with van der Waals surface area (Å²) in [6, 6.07) is 5.09. The predicted octanol–water partition coefficient (Wildman–Crippen LogP) is 3.73. The summed E-state index contributed by atoms with van der Waals surface area (Å²) < 4.78 is 23.0. The number of hydrogen-bond donors (Lipinski definition) is 1. The lowest BCUT2D eigenvalue weighted by Gasteiger charge is -2.22. The maximum atomic E-state index is 12.9. The third-order valence-electron chi connectivity index (χ3n) is 3.47. The van der Waals surface area contributed by atoms with E-state index in [-0.39, 0.29) is 43.4 Å². The highest BCUT2D eigenvalue weighted by Crippen LogP contribution is 2.09. The molecule has 6 nitrogen and oxygen atoms in total. The number of carbonyl (C=O) groups is 3. The van der Waals surface area contributed by atoms with Crippen molar-refractivity contribution in [3.05, 3.63) is 47.8 Å². The molecule has 0 aromatic heterocycles. The molecule has 0 aliphatic heterocycles. The normalized spacial score (nSPS) is 12.5. The van der Waals surface area contributed by atoms with Crippen molar-refractivity contribution in [2.75, 3.05) is 6.61 Å². The summed E-state index contributed by atoms with van der Waals surface area (Å²) in [5.41, 5.74) is 0.0111. The van der Waals surface area contributed by atoms with Gasteiger partial charge in [0.1, 0.15) is 11.4 Å². The lowest BCUT2D eigenvalue weighted by Crippen LogP contribution is -2.38. The van der Waals surface area contributed by atoms with E-state index in [4.69, 9.17) is 9.47 Å². The van der Waals surface area contributed by atoms with Crippen LogP contribution in [0.25, 0.3) is 0 Å². The summed E-state index contributed by atoms with van der Waals surface area (Å²) in [4.78, 5) is 35.7. The monoisotopic (exact) mass is 393 g/mol. The molecule has 154 valence electrons. The third-order valence-corrected chi connectivity index (χ3v) is 3.47. The molecule has 1 aromatic carbocycles. The van der Waals surface area contributed by atoms with E-state index in [1.54, 1.807) is 27.7 Å². The Labute approximate surface area is 165 Å². The minimum atomic E-state index is -0.669. The van der Waals surface area contributed by atoms with Crippen molar-refractivity contribution in [3.8, 4) is 0 Å². The molecule has 0 saturated heterocycles. The molecule has 1 rings (SSSR count). The summed E-state index contributed by atoms with van der Waals surface area (Å²) >= 11 is 0. The molecule has 1 atom stereocenters. The van der Waals surface area contributed by atoms with Crippen LogP contribution in [0.15, 0.2) is 36.4 Å². The lowest BCUT2D eigenvalue weighted by atomic mass is 10.1. The number of ether oxygens (including phenoxy) is 2. The van der Waals surface area contributed by atoms with E-state index < -0.39 is 17.7 Å². The fraction of sp³-hybridized carbons (Fsp3) is 0.476. The van der Waals surface area contributed by atoms with E-state index in [2.05, 4.69) is 5.32 Å². The van der Waals surface area contributed by atoms with E-state index in [9.17, 15) is 18.8 Å². The zero-order chi connectivity index (χ0) is 21.2. The number of ketones is 1. The molecule has 28 heavy (non-hydrogen) atoms. The number of alkyl carbamates (subject to hydrolysis) is 1. The number of allylic oxidation sites excluding steroid dienone is 1. The quantitative estimate of drug-likeness (QED) is 0.511. The maximum Gasteiger partial charge on any atom is 0.408 e. The van der Waals surface area contributed by atoms with Crippen molar-refractivity contribution in [1.82, 2.24) is 5.32 Å². The van der Waals surface area contributed by atoms with Crippen molar-refractivity contribution >= 4 is 17.8 Å². The van der Waals surface area contributed by atoms with Gasteiger partial charge in [0.2, 0.25) is 0 Å². The number of esters is 1. The Hall–Kier alpha value is -2.70. The van der Waals surface area contributed by atoms with Gasteiger partial charge >= 0.3 is 12.1 Å².